The summed E-state index contributed by atoms with van der Waals surface area (Å²) < 4.78 is 1.90. The number of amides is 3. The van der Waals surface area contributed by atoms with Gasteiger partial charge in [-0.05, 0) is 26.0 Å². The van der Waals surface area contributed by atoms with E-state index in [0.29, 0.717) is 11.0 Å². The van der Waals surface area contributed by atoms with Gasteiger partial charge < -0.3 is 5.73 Å². The maximum atomic E-state index is 11.7. The molecule has 0 aliphatic rings. The van der Waals surface area contributed by atoms with Crippen LogP contribution in [0.3, 0.4) is 0 Å². The van der Waals surface area contributed by atoms with Crippen LogP contribution in [0.25, 0.3) is 17.1 Å². The summed E-state index contributed by atoms with van der Waals surface area (Å²) >= 11 is 1.18. The Bertz CT molecular complexity index is 965. The van der Waals surface area contributed by atoms with Gasteiger partial charge in [-0.2, -0.15) is 0 Å². The summed E-state index contributed by atoms with van der Waals surface area (Å²) in [6.45, 7) is 4.04. The average molecular weight is 381 g/mol. The minimum atomic E-state index is -0.874. The fourth-order valence-corrected chi connectivity index (χ4v) is 3.24. The molecule has 0 fully saturated rings. The molecular weight excluding hydrogens is 362 g/mol. The molecule has 3 rings (SSSR count). The predicted octanol–water partition coefficient (Wildman–Crippen LogP) is 2.84. The summed E-state index contributed by atoms with van der Waals surface area (Å²) in [6, 6.07) is 15.1. The lowest BCUT2D eigenvalue weighted by Gasteiger charge is -2.11. The maximum Gasteiger partial charge on any atom is 0.318 e. The van der Waals surface area contributed by atoms with Gasteiger partial charge in [0.15, 0.2) is 11.0 Å². The molecule has 1 aromatic heterocycles. The van der Waals surface area contributed by atoms with E-state index < -0.39 is 11.9 Å². The maximum absolute atomic E-state index is 11.7. The number of hydrogen-bond acceptors (Lipinski definition) is 5. The highest BCUT2D eigenvalue weighted by molar-refractivity contribution is 7.99. The molecule has 27 heavy (non-hydrogen) atoms. The lowest BCUT2D eigenvalue weighted by molar-refractivity contribution is -0.117. The largest absolute Gasteiger partial charge is 0.351 e. The molecule has 3 N–H and O–H groups in total. The Labute approximate surface area is 161 Å². The molecule has 3 amide bonds. The zero-order chi connectivity index (χ0) is 19.4. The van der Waals surface area contributed by atoms with Crippen molar-refractivity contribution in [3.05, 3.63) is 59.7 Å². The third kappa shape index (κ3) is 4.53. The zero-order valence-electron chi connectivity index (χ0n) is 15.0. The Kier molecular flexibility index (Phi) is 5.56. The van der Waals surface area contributed by atoms with Gasteiger partial charge in [0, 0.05) is 11.3 Å². The van der Waals surface area contributed by atoms with Crippen LogP contribution in [0.1, 0.15) is 11.1 Å². The second-order valence-corrected chi connectivity index (χ2v) is 6.99. The number of imide groups is 1. The molecule has 0 bridgehead atoms. The number of rotatable bonds is 5. The van der Waals surface area contributed by atoms with Gasteiger partial charge in [-0.15, -0.1) is 10.2 Å². The van der Waals surface area contributed by atoms with Crippen LogP contribution in [0.2, 0.25) is 0 Å². The number of nitrogens with zero attached hydrogens (tertiary/aromatic N) is 3. The summed E-state index contributed by atoms with van der Waals surface area (Å²) in [7, 11) is 0. The topological polar surface area (TPSA) is 103 Å². The van der Waals surface area contributed by atoms with Crippen molar-refractivity contribution < 1.29 is 9.59 Å². The van der Waals surface area contributed by atoms with Crippen LogP contribution in [0, 0.1) is 13.8 Å². The van der Waals surface area contributed by atoms with E-state index in [1.807, 2.05) is 72.3 Å². The quantitative estimate of drug-likeness (QED) is 0.662. The van der Waals surface area contributed by atoms with Crippen LogP contribution in [-0.2, 0) is 4.79 Å². The van der Waals surface area contributed by atoms with E-state index in [1.165, 1.54) is 11.8 Å². The van der Waals surface area contributed by atoms with E-state index in [9.17, 15) is 9.59 Å². The zero-order valence-corrected chi connectivity index (χ0v) is 15.8. The third-order valence-electron chi connectivity index (χ3n) is 3.83. The van der Waals surface area contributed by atoms with Crippen LogP contribution in [0.4, 0.5) is 4.79 Å². The molecule has 2 aromatic carbocycles. The summed E-state index contributed by atoms with van der Waals surface area (Å²) in [5, 5.41) is 11.2. The van der Waals surface area contributed by atoms with Crippen LogP contribution in [0.15, 0.2) is 53.7 Å². The number of urea groups is 1. The van der Waals surface area contributed by atoms with Crippen molar-refractivity contribution in [1.29, 1.82) is 0 Å². The third-order valence-corrected chi connectivity index (χ3v) is 4.76. The number of benzene rings is 2. The first kappa shape index (κ1) is 18.7. The highest BCUT2D eigenvalue weighted by Crippen LogP contribution is 2.28. The number of nitrogens with one attached hydrogen (secondary N) is 1. The molecule has 0 aliphatic heterocycles. The van der Waals surface area contributed by atoms with Gasteiger partial charge in [0.1, 0.15) is 0 Å². The Balaban J connectivity index is 1.98. The normalized spacial score (nSPS) is 10.6. The minimum absolute atomic E-state index is 0.000826. The highest BCUT2D eigenvalue weighted by atomic mass is 32.2. The average Bonchev–Trinajstić information content (AvgIpc) is 3.04. The van der Waals surface area contributed by atoms with E-state index >= 15 is 0 Å². The smallest absolute Gasteiger partial charge is 0.318 e. The lowest BCUT2D eigenvalue weighted by Crippen LogP contribution is -2.36. The number of primary amides is 1. The molecule has 0 spiro atoms. The Morgan fingerprint density at radius 3 is 2.19 bits per heavy atom. The van der Waals surface area contributed by atoms with Gasteiger partial charge >= 0.3 is 6.03 Å². The van der Waals surface area contributed by atoms with Gasteiger partial charge in [-0.25, -0.2) is 4.79 Å². The molecule has 138 valence electrons. The molecule has 0 radical (unpaired) electrons. The molecule has 7 nitrogen and oxygen atoms in total. The molecule has 1 heterocycles. The number of carbonyl (C=O) groups is 2. The highest BCUT2D eigenvalue weighted by Gasteiger charge is 2.17. The number of hydrogen-bond donors (Lipinski definition) is 2. The fourth-order valence-electron chi connectivity index (χ4n) is 2.48. The van der Waals surface area contributed by atoms with Crippen molar-refractivity contribution in [2.24, 2.45) is 5.73 Å². The van der Waals surface area contributed by atoms with E-state index in [2.05, 4.69) is 10.2 Å². The molecule has 0 saturated heterocycles. The SMILES string of the molecule is Cc1ccc(-c2nnc(SCC(=O)NC(N)=O)n2-c2ccc(C)cc2)cc1. The monoisotopic (exact) mass is 381 g/mol. The predicted molar refractivity (Wildman–Crippen MR) is 105 cm³/mol. The molecule has 8 heteroatoms. The fraction of sp³-hybridized carbons (Fsp3) is 0.158. The second kappa shape index (κ2) is 8.05. The van der Waals surface area contributed by atoms with Crippen molar-refractivity contribution in [3.63, 3.8) is 0 Å². The molecular formula is C19H19N5O2S. The van der Waals surface area contributed by atoms with Crippen LogP contribution in [0.5, 0.6) is 0 Å². The molecule has 0 aliphatic carbocycles. The number of aromatic nitrogens is 3. The van der Waals surface area contributed by atoms with E-state index in [0.717, 1.165) is 22.4 Å². The number of thioether (sulfide) groups is 1. The van der Waals surface area contributed by atoms with Crippen molar-refractivity contribution >= 4 is 23.7 Å². The summed E-state index contributed by atoms with van der Waals surface area (Å²) in [5.41, 5.74) is 9.07. The van der Waals surface area contributed by atoms with Gasteiger partial charge in [0.05, 0.1) is 5.75 Å². The first-order valence-electron chi connectivity index (χ1n) is 8.25. The van der Waals surface area contributed by atoms with Crippen LogP contribution < -0.4 is 11.1 Å². The van der Waals surface area contributed by atoms with Gasteiger partial charge in [-0.3, -0.25) is 14.7 Å². The number of nitrogens with two attached hydrogens (primary N) is 1. The number of aryl methyl sites for hydroxylation is 2. The Morgan fingerprint density at radius 2 is 1.59 bits per heavy atom. The lowest BCUT2D eigenvalue weighted by atomic mass is 10.1. The van der Waals surface area contributed by atoms with E-state index in [-0.39, 0.29) is 5.75 Å². The Hall–Kier alpha value is -3.13. The van der Waals surface area contributed by atoms with Crippen molar-refractivity contribution in [3.8, 4) is 17.1 Å². The minimum Gasteiger partial charge on any atom is -0.351 e. The van der Waals surface area contributed by atoms with Gasteiger partial charge in [0.2, 0.25) is 5.91 Å². The summed E-state index contributed by atoms with van der Waals surface area (Å²) in [4.78, 5) is 22.5. The van der Waals surface area contributed by atoms with E-state index in [1.54, 1.807) is 0 Å². The first-order valence-corrected chi connectivity index (χ1v) is 9.24. The standard InChI is InChI=1S/C19H19N5O2S/c1-12-3-7-14(8-4-12)17-22-23-19(27-11-16(25)21-18(20)26)24(17)15-9-5-13(2)6-10-15/h3-10H,11H2,1-2H3,(H3,20,21,25,26). The molecule has 3 aromatic rings. The van der Waals surface area contributed by atoms with Crippen LogP contribution in [-0.4, -0.2) is 32.5 Å². The van der Waals surface area contributed by atoms with Gasteiger partial charge in [-0.1, -0.05) is 59.3 Å². The number of carbonyl (C=O) groups excluding carboxylic acids is 2. The van der Waals surface area contributed by atoms with Crippen LogP contribution >= 0.6 is 11.8 Å². The molecule has 0 saturated carbocycles. The Morgan fingerprint density at radius 1 is 1.00 bits per heavy atom. The summed E-state index contributed by atoms with van der Waals surface area (Å²) in [6.07, 6.45) is 0. The van der Waals surface area contributed by atoms with E-state index in [4.69, 9.17) is 5.73 Å². The molecule has 0 atom stereocenters. The van der Waals surface area contributed by atoms with Crippen molar-refractivity contribution in [2.75, 3.05) is 5.75 Å². The summed E-state index contributed by atoms with van der Waals surface area (Å²) in [5.74, 6) is 0.195. The van der Waals surface area contributed by atoms with Crippen molar-refractivity contribution in [2.45, 2.75) is 19.0 Å². The second-order valence-electron chi connectivity index (χ2n) is 6.04. The van der Waals surface area contributed by atoms with Crippen molar-refractivity contribution in [1.82, 2.24) is 20.1 Å². The van der Waals surface area contributed by atoms with Gasteiger partial charge in [0.25, 0.3) is 0 Å². The molecule has 0 unspecified atom stereocenters. The first-order chi connectivity index (χ1) is 12.9.